The van der Waals surface area contributed by atoms with Crippen LogP contribution in [-0.4, -0.2) is 27.1 Å². The van der Waals surface area contributed by atoms with E-state index in [4.69, 9.17) is 13.7 Å². The molecule has 0 N–H and O–H groups in total. The lowest BCUT2D eigenvalue weighted by atomic mass is 9.85. The van der Waals surface area contributed by atoms with Crippen molar-refractivity contribution in [2.24, 2.45) is 0 Å². The largest absolute Gasteiger partial charge is 0.464 e. The van der Waals surface area contributed by atoms with Gasteiger partial charge in [0.2, 0.25) is 6.29 Å². The molecule has 0 aromatic heterocycles. The first kappa shape index (κ1) is 15.9. The van der Waals surface area contributed by atoms with Crippen molar-refractivity contribution in [3.8, 4) is 11.5 Å². The zero-order valence-corrected chi connectivity index (χ0v) is 13.3. The highest BCUT2D eigenvalue weighted by atomic mass is 32.2. The molecule has 21 heavy (non-hydrogen) atoms. The van der Waals surface area contributed by atoms with Gasteiger partial charge in [-0.25, -0.2) is 0 Å². The fraction of sp³-hybridized carbons (Fsp3) is 0.467. The lowest BCUT2D eigenvalue weighted by Gasteiger charge is -2.25. The molecule has 0 aliphatic carbocycles. The van der Waals surface area contributed by atoms with Gasteiger partial charge >= 0.3 is 10.1 Å². The van der Waals surface area contributed by atoms with Gasteiger partial charge in [-0.05, 0) is 39.0 Å². The summed E-state index contributed by atoms with van der Waals surface area (Å²) in [6.07, 6.45) is 1.22. The van der Waals surface area contributed by atoms with Crippen LogP contribution in [0.1, 0.15) is 26.3 Å². The predicted octanol–water partition coefficient (Wildman–Crippen LogP) is 2.61. The Balaban J connectivity index is 2.28. The third-order valence-corrected chi connectivity index (χ3v) is 4.56. The summed E-state index contributed by atoms with van der Waals surface area (Å²) in [5, 5.41) is 0. The fourth-order valence-electron chi connectivity index (χ4n) is 2.16. The molecule has 0 saturated heterocycles. The Morgan fingerprint density at radius 2 is 2.14 bits per heavy atom. The second kappa shape index (κ2) is 5.69. The van der Waals surface area contributed by atoms with Crippen LogP contribution in [0.5, 0.6) is 11.5 Å². The summed E-state index contributed by atoms with van der Waals surface area (Å²) in [6.45, 7) is 9.49. The van der Waals surface area contributed by atoms with Crippen LogP contribution in [0.3, 0.4) is 0 Å². The van der Waals surface area contributed by atoms with Gasteiger partial charge in [-0.15, -0.1) is 6.58 Å². The van der Waals surface area contributed by atoms with Gasteiger partial charge in [0.25, 0.3) is 0 Å². The second-order valence-corrected chi connectivity index (χ2v) is 7.24. The molecule has 0 fully saturated rings. The number of benzene rings is 1. The maximum absolute atomic E-state index is 11.5. The average molecular weight is 312 g/mol. The number of ether oxygens (including phenoxy) is 2. The quantitative estimate of drug-likeness (QED) is 0.597. The Morgan fingerprint density at radius 3 is 2.76 bits per heavy atom. The summed E-state index contributed by atoms with van der Waals surface area (Å²) in [7, 11) is -3.54. The van der Waals surface area contributed by atoms with E-state index >= 15 is 0 Å². The molecule has 0 bridgehead atoms. The Hall–Kier alpha value is -1.53. The van der Waals surface area contributed by atoms with E-state index in [-0.39, 0.29) is 11.5 Å². The van der Waals surface area contributed by atoms with Crippen LogP contribution < -0.4 is 8.92 Å². The lowest BCUT2D eigenvalue weighted by Crippen LogP contribution is -2.34. The van der Waals surface area contributed by atoms with Crippen LogP contribution >= 0.6 is 0 Å². The smallest absolute Gasteiger partial charge is 0.308 e. The molecule has 0 spiro atoms. The standard InChI is InChI=1S/C15H20O5S/c1-5-9-18-14-15(3,4)12-10-11(7-8-13(12)19-14)20-21(16,17)6-2/h5,7-8,10,14H,1,6,9H2,2-4H3. The number of hydrogen-bond acceptors (Lipinski definition) is 5. The van der Waals surface area contributed by atoms with Gasteiger partial charge in [0.1, 0.15) is 11.5 Å². The Morgan fingerprint density at radius 1 is 1.43 bits per heavy atom. The lowest BCUT2D eigenvalue weighted by molar-refractivity contribution is -0.0925. The molecular formula is C15H20O5S. The highest BCUT2D eigenvalue weighted by molar-refractivity contribution is 7.87. The third-order valence-electron chi connectivity index (χ3n) is 3.41. The topological polar surface area (TPSA) is 61.8 Å². The molecule has 1 heterocycles. The first-order chi connectivity index (χ1) is 9.80. The number of rotatable bonds is 6. The van der Waals surface area contributed by atoms with E-state index in [0.717, 1.165) is 5.56 Å². The first-order valence-corrected chi connectivity index (χ1v) is 8.33. The van der Waals surface area contributed by atoms with E-state index in [1.54, 1.807) is 24.3 Å². The van der Waals surface area contributed by atoms with Crippen molar-refractivity contribution in [2.45, 2.75) is 32.5 Å². The molecule has 116 valence electrons. The van der Waals surface area contributed by atoms with Gasteiger partial charge < -0.3 is 13.7 Å². The minimum atomic E-state index is -3.54. The third kappa shape index (κ3) is 3.22. The first-order valence-electron chi connectivity index (χ1n) is 6.76. The molecule has 1 aliphatic rings. The molecule has 1 aromatic rings. The average Bonchev–Trinajstić information content (AvgIpc) is 2.67. The van der Waals surface area contributed by atoms with Crippen LogP contribution in [0.4, 0.5) is 0 Å². The second-order valence-electron chi connectivity index (χ2n) is 5.38. The maximum atomic E-state index is 11.5. The highest BCUT2D eigenvalue weighted by Crippen LogP contribution is 2.44. The minimum absolute atomic E-state index is 0.0744. The molecule has 0 radical (unpaired) electrons. The molecular weight excluding hydrogens is 292 g/mol. The van der Waals surface area contributed by atoms with E-state index in [2.05, 4.69) is 6.58 Å². The van der Waals surface area contributed by atoms with Crippen LogP contribution in [0, 0.1) is 0 Å². The van der Waals surface area contributed by atoms with Gasteiger partial charge in [-0.2, -0.15) is 8.42 Å². The summed E-state index contributed by atoms with van der Waals surface area (Å²) in [5.41, 5.74) is 0.452. The summed E-state index contributed by atoms with van der Waals surface area (Å²) in [6, 6.07) is 4.98. The molecule has 1 atom stereocenters. The van der Waals surface area contributed by atoms with Crippen LogP contribution in [-0.2, 0) is 20.3 Å². The molecule has 0 amide bonds. The number of hydrogen-bond donors (Lipinski definition) is 0. The van der Waals surface area contributed by atoms with E-state index in [1.807, 2.05) is 13.8 Å². The Kier molecular flexibility index (Phi) is 4.30. The normalized spacial score (nSPS) is 19.7. The maximum Gasteiger partial charge on any atom is 0.308 e. The molecule has 1 aromatic carbocycles. The van der Waals surface area contributed by atoms with Gasteiger partial charge in [-0.1, -0.05) is 6.08 Å². The van der Waals surface area contributed by atoms with E-state index in [1.165, 1.54) is 6.92 Å². The molecule has 2 rings (SSSR count). The summed E-state index contributed by atoms with van der Waals surface area (Å²) >= 11 is 0. The van der Waals surface area contributed by atoms with Crippen molar-refractivity contribution in [2.75, 3.05) is 12.4 Å². The monoisotopic (exact) mass is 312 g/mol. The van der Waals surface area contributed by atoms with Crippen molar-refractivity contribution in [3.63, 3.8) is 0 Å². The highest BCUT2D eigenvalue weighted by Gasteiger charge is 2.42. The van der Waals surface area contributed by atoms with Gasteiger partial charge in [0.05, 0.1) is 17.8 Å². The van der Waals surface area contributed by atoms with Crippen LogP contribution in [0.25, 0.3) is 0 Å². The Bertz CT molecular complexity index is 633. The fourth-order valence-corrected chi connectivity index (χ4v) is 2.67. The predicted molar refractivity (Wildman–Crippen MR) is 80.1 cm³/mol. The Labute approximate surface area is 125 Å². The van der Waals surface area contributed by atoms with Crippen molar-refractivity contribution >= 4 is 10.1 Å². The minimum Gasteiger partial charge on any atom is -0.464 e. The summed E-state index contributed by atoms with van der Waals surface area (Å²) in [5.74, 6) is 0.890. The summed E-state index contributed by atoms with van der Waals surface area (Å²) < 4.78 is 39.5. The van der Waals surface area contributed by atoms with Crippen molar-refractivity contribution < 1.29 is 22.1 Å². The van der Waals surface area contributed by atoms with Crippen molar-refractivity contribution in [1.82, 2.24) is 0 Å². The zero-order chi connectivity index (χ0) is 15.7. The SMILES string of the molecule is C=CCOC1Oc2ccc(OS(=O)(=O)CC)cc2C1(C)C. The molecule has 5 nitrogen and oxygen atoms in total. The van der Waals surface area contributed by atoms with Crippen molar-refractivity contribution in [1.29, 1.82) is 0 Å². The zero-order valence-electron chi connectivity index (χ0n) is 12.5. The molecule has 6 heteroatoms. The van der Waals surface area contributed by atoms with Gasteiger partial charge in [0, 0.05) is 5.56 Å². The van der Waals surface area contributed by atoms with Crippen LogP contribution in [0.15, 0.2) is 30.9 Å². The molecule has 1 unspecified atom stereocenters. The van der Waals surface area contributed by atoms with E-state index in [9.17, 15) is 8.42 Å². The van der Waals surface area contributed by atoms with Gasteiger partial charge in [-0.3, -0.25) is 0 Å². The molecule has 1 aliphatic heterocycles. The molecule has 0 saturated carbocycles. The van der Waals surface area contributed by atoms with E-state index in [0.29, 0.717) is 12.4 Å². The van der Waals surface area contributed by atoms with Gasteiger partial charge in [0.15, 0.2) is 0 Å². The van der Waals surface area contributed by atoms with Crippen LogP contribution in [0.2, 0.25) is 0 Å². The van der Waals surface area contributed by atoms with Crippen molar-refractivity contribution in [3.05, 3.63) is 36.4 Å². The summed E-state index contributed by atoms with van der Waals surface area (Å²) in [4.78, 5) is 0. The van der Waals surface area contributed by atoms with E-state index < -0.39 is 21.8 Å². The number of fused-ring (bicyclic) bond motifs is 1.